The number of fused-ring (bicyclic) bond motifs is 1. The smallest absolute Gasteiger partial charge is 0.129 e. The van der Waals surface area contributed by atoms with Gasteiger partial charge in [0.25, 0.3) is 0 Å². The Morgan fingerprint density at radius 1 is 1.26 bits per heavy atom. The summed E-state index contributed by atoms with van der Waals surface area (Å²) >= 11 is 6.06. The number of halogens is 1. The molecule has 2 aromatic rings. The Kier molecular flexibility index (Phi) is 3.40. The second-order valence-electron chi connectivity index (χ2n) is 4.78. The molecule has 1 aliphatic heterocycles. The SMILES string of the molecule is NCc1cc(N2CCc3ccccc3C2)ncc1Cl. The number of rotatable bonds is 2. The van der Waals surface area contributed by atoms with E-state index in [9.17, 15) is 0 Å². The Morgan fingerprint density at radius 2 is 2.05 bits per heavy atom. The van der Waals surface area contributed by atoms with Gasteiger partial charge < -0.3 is 10.6 Å². The lowest BCUT2D eigenvalue weighted by Crippen LogP contribution is -2.31. The lowest BCUT2D eigenvalue weighted by Gasteiger charge is -2.30. The van der Waals surface area contributed by atoms with E-state index in [1.807, 2.05) is 6.07 Å². The number of aromatic nitrogens is 1. The molecule has 0 spiro atoms. The average Bonchev–Trinajstić information content (AvgIpc) is 2.47. The van der Waals surface area contributed by atoms with Crippen LogP contribution in [-0.2, 0) is 19.5 Å². The first-order valence-electron chi connectivity index (χ1n) is 6.44. The molecular formula is C15H16ClN3. The summed E-state index contributed by atoms with van der Waals surface area (Å²) in [5.41, 5.74) is 9.46. The molecular weight excluding hydrogens is 258 g/mol. The first kappa shape index (κ1) is 12.5. The normalized spacial score (nSPS) is 14.3. The third-order valence-electron chi connectivity index (χ3n) is 3.59. The van der Waals surface area contributed by atoms with E-state index in [0.717, 1.165) is 30.9 Å². The van der Waals surface area contributed by atoms with Crippen LogP contribution in [0.25, 0.3) is 0 Å². The van der Waals surface area contributed by atoms with Crippen molar-refractivity contribution in [3.63, 3.8) is 0 Å². The predicted octanol–water partition coefficient (Wildman–Crippen LogP) is 2.76. The van der Waals surface area contributed by atoms with Gasteiger partial charge in [0.15, 0.2) is 0 Å². The molecule has 2 N–H and O–H groups in total. The highest BCUT2D eigenvalue weighted by Gasteiger charge is 2.17. The van der Waals surface area contributed by atoms with Crippen LogP contribution in [0.5, 0.6) is 0 Å². The molecule has 4 heteroatoms. The van der Waals surface area contributed by atoms with Crippen LogP contribution >= 0.6 is 11.6 Å². The highest BCUT2D eigenvalue weighted by atomic mass is 35.5. The Morgan fingerprint density at radius 3 is 2.84 bits per heavy atom. The van der Waals surface area contributed by atoms with Crippen LogP contribution in [0, 0.1) is 0 Å². The summed E-state index contributed by atoms with van der Waals surface area (Å²) < 4.78 is 0. The maximum Gasteiger partial charge on any atom is 0.129 e. The second kappa shape index (κ2) is 5.19. The number of nitrogens with zero attached hydrogens (tertiary/aromatic N) is 2. The van der Waals surface area contributed by atoms with Crippen molar-refractivity contribution in [3.05, 3.63) is 58.2 Å². The molecule has 1 aromatic carbocycles. The monoisotopic (exact) mass is 273 g/mol. The van der Waals surface area contributed by atoms with Gasteiger partial charge in [-0.15, -0.1) is 0 Å². The lowest BCUT2D eigenvalue weighted by atomic mass is 10.00. The molecule has 0 atom stereocenters. The van der Waals surface area contributed by atoms with Gasteiger partial charge in [-0.1, -0.05) is 35.9 Å². The van der Waals surface area contributed by atoms with Crippen LogP contribution in [0.15, 0.2) is 36.5 Å². The third kappa shape index (κ3) is 2.44. The van der Waals surface area contributed by atoms with E-state index in [0.29, 0.717) is 11.6 Å². The van der Waals surface area contributed by atoms with Crippen molar-refractivity contribution in [3.8, 4) is 0 Å². The van der Waals surface area contributed by atoms with Crippen molar-refractivity contribution in [2.75, 3.05) is 11.4 Å². The summed E-state index contributed by atoms with van der Waals surface area (Å²) in [7, 11) is 0. The largest absolute Gasteiger partial charge is 0.352 e. The Bertz CT molecular complexity index is 598. The predicted molar refractivity (Wildman–Crippen MR) is 78.3 cm³/mol. The van der Waals surface area contributed by atoms with E-state index < -0.39 is 0 Å². The zero-order valence-corrected chi connectivity index (χ0v) is 11.4. The van der Waals surface area contributed by atoms with Crippen LogP contribution in [0.3, 0.4) is 0 Å². The van der Waals surface area contributed by atoms with Crippen LogP contribution in [-0.4, -0.2) is 11.5 Å². The molecule has 0 radical (unpaired) electrons. The van der Waals surface area contributed by atoms with Crippen LogP contribution in [0.1, 0.15) is 16.7 Å². The highest BCUT2D eigenvalue weighted by molar-refractivity contribution is 6.31. The van der Waals surface area contributed by atoms with Gasteiger partial charge in [-0.05, 0) is 29.2 Å². The van der Waals surface area contributed by atoms with Gasteiger partial charge in [-0.2, -0.15) is 0 Å². The van der Waals surface area contributed by atoms with Gasteiger partial charge in [0.05, 0.1) is 5.02 Å². The third-order valence-corrected chi connectivity index (χ3v) is 3.94. The van der Waals surface area contributed by atoms with Crippen molar-refractivity contribution in [1.29, 1.82) is 0 Å². The summed E-state index contributed by atoms with van der Waals surface area (Å²) in [4.78, 5) is 6.70. The second-order valence-corrected chi connectivity index (χ2v) is 5.19. The van der Waals surface area contributed by atoms with Crippen molar-refractivity contribution >= 4 is 17.4 Å². The highest BCUT2D eigenvalue weighted by Crippen LogP contribution is 2.25. The Balaban J connectivity index is 1.89. The van der Waals surface area contributed by atoms with E-state index in [1.165, 1.54) is 11.1 Å². The minimum atomic E-state index is 0.443. The van der Waals surface area contributed by atoms with E-state index in [-0.39, 0.29) is 0 Å². The number of benzene rings is 1. The fraction of sp³-hybridized carbons (Fsp3) is 0.267. The van der Waals surface area contributed by atoms with Crippen LogP contribution in [0.2, 0.25) is 5.02 Å². The number of anilines is 1. The van der Waals surface area contributed by atoms with E-state index in [4.69, 9.17) is 17.3 Å². The maximum atomic E-state index is 6.06. The summed E-state index contributed by atoms with van der Waals surface area (Å²) in [5.74, 6) is 0.958. The van der Waals surface area contributed by atoms with E-state index in [2.05, 4.69) is 34.1 Å². The molecule has 3 nitrogen and oxygen atoms in total. The molecule has 3 rings (SSSR count). The average molecular weight is 274 g/mol. The quantitative estimate of drug-likeness (QED) is 0.915. The van der Waals surface area contributed by atoms with E-state index >= 15 is 0 Å². The molecule has 0 unspecified atom stereocenters. The fourth-order valence-electron chi connectivity index (χ4n) is 2.49. The lowest BCUT2D eigenvalue weighted by molar-refractivity contribution is 0.720. The molecule has 19 heavy (non-hydrogen) atoms. The van der Waals surface area contributed by atoms with Crippen LogP contribution < -0.4 is 10.6 Å². The molecule has 1 aliphatic rings. The number of pyridine rings is 1. The topological polar surface area (TPSA) is 42.1 Å². The Labute approximate surface area is 118 Å². The zero-order chi connectivity index (χ0) is 13.2. The molecule has 0 fully saturated rings. The molecule has 0 amide bonds. The van der Waals surface area contributed by atoms with Crippen molar-refractivity contribution in [2.24, 2.45) is 5.73 Å². The minimum absolute atomic E-state index is 0.443. The van der Waals surface area contributed by atoms with Crippen molar-refractivity contribution < 1.29 is 0 Å². The van der Waals surface area contributed by atoms with Gasteiger partial charge >= 0.3 is 0 Å². The molecule has 98 valence electrons. The van der Waals surface area contributed by atoms with Gasteiger partial charge in [-0.25, -0.2) is 4.98 Å². The fourth-order valence-corrected chi connectivity index (χ4v) is 2.67. The molecule has 1 aromatic heterocycles. The molecule has 0 bridgehead atoms. The summed E-state index contributed by atoms with van der Waals surface area (Å²) in [6, 6.07) is 10.6. The summed E-state index contributed by atoms with van der Waals surface area (Å²) in [5, 5.41) is 0.642. The van der Waals surface area contributed by atoms with Gasteiger partial charge in [0.2, 0.25) is 0 Å². The molecule has 2 heterocycles. The number of hydrogen-bond acceptors (Lipinski definition) is 3. The van der Waals surface area contributed by atoms with Crippen LogP contribution in [0.4, 0.5) is 5.82 Å². The molecule has 0 saturated heterocycles. The zero-order valence-electron chi connectivity index (χ0n) is 10.6. The number of nitrogens with two attached hydrogens (primary N) is 1. The van der Waals surface area contributed by atoms with Crippen molar-refractivity contribution in [2.45, 2.75) is 19.5 Å². The Hall–Kier alpha value is -1.58. The van der Waals surface area contributed by atoms with Gasteiger partial charge in [-0.3, -0.25) is 0 Å². The van der Waals surface area contributed by atoms with Crippen molar-refractivity contribution in [1.82, 2.24) is 4.98 Å². The van der Waals surface area contributed by atoms with Gasteiger partial charge in [0.1, 0.15) is 5.82 Å². The minimum Gasteiger partial charge on any atom is -0.352 e. The first-order chi connectivity index (χ1) is 9.28. The van der Waals surface area contributed by atoms with Gasteiger partial charge in [0, 0.05) is 25.8 Å². The molecule has 0 saturated carbocycles. The standard InChI is InChI=1S/C15H16ClN3/c16-14-9-18-15(7-13(14)8-17)19-6-5-11-3-1-2-4-12(11)10-19/h1-4,7,9H,5-6,8,10,17H2. The summed E-state index contributed by atoms with van der Waals surface area (Å²) in [6.07, 6.45) is 2.75. The summed E-state index contributed by atoms with van der Waals surface area (Å²) in [6.45, 7) is 2.32. The first-order valence-corrected chi connectivity index (χ1v) is 6.82. The maximum absolute atomic E-state index is 6.06. The molecule has 0 aliphatic carbocycles. The number of hydrogen-bond donors (Lipinski definition) is 1. The van der Waals surface area contributed by atoms with E-state index in [1.54, 1.807) is 6.20 Å².